The van der Waals surface area contributed by atoms with Crippen LogP contribution in [0.15, 0.2) is 12.1 Å². The predicted molar refractivity (Wildman–Crippen MR) is 64.6 cm³/mol. The van der Waals surface area contributed by atoms with Gasteiger partial charge in [0, 0.05) is 24.1 Å². The first-order valence-corrected chi connectivity index (χ1v) is 5.42. The van der Waals surface area contributed by atoms with Crippen LogP contribution in [0.25, 0.3) is 0 Å². The van der Waals surface area contributed by atoms with Crippen LogP contribution in [0.2, 0.25) is 0 Å². The van der Waals surface area contributed by atoms with Gasteiger partial charge in [0.2, 0.25) is 0 Å². The van der Waals surface area contributed by atoms with E-state index in [1.165, 1.54) is 0 Å². The van der Waals surface area contributed by atoms with Crippen LogP contribution in [-0.4, -0.2) is 21.3 Å². The van der Waals surface area contributed by atoms with Crippen molar-refractivity contribution >= 4 is 0 Å². The minimum Gasteiger partial charge on any atom is -0.496 e. The second kappa shape index (κ2) is 6.64. The van der Waals surface area contributed by atoms with E-state index in [0.717, 1.165) is 29.9 Å². The van der Waals surface area contributed by atoms with Crippen LogP contribution in [0.1, 0.15) is 18.4 Å². The average Bonchev–Trinajstić information content (AvgIpc) is 2.38. The lowest BCUT2D eigenvalue weighted by atomic mass is 10.1. The third-order valence-corrected chi connectivity index (χ3v) is 2.53. The highest BCUT2D eigenvalue weighted by Crippen LogP contribution is 2.34. The van der Waals surface area contributed by atoms with Gasteiger partial charge in [-0.15, -0.1) is 0 Å². The highest BCUT2D eigenvalue weighted by Gasteiger charge is 2.12. The summed E-state index contributed by atoms with van der Waals surface area (Å²) >= 11 is 0. The van der Waals surface area contributed by atoms with E-state index < -0.39 is 0 Å². The van der Waals surface area contributed by atoms with Crippen LogP contribution >= 0.6 is 0 Å². The van der Waals surface area contributed by atoms with E-state index in [-0.39, 0.29) is 0 Å². The molecule has 1 aromatic rings. The molecule has 0 heterocycles. The average molecular weight is 235 g/mol. The SMILES string of the molecule is COc1cc(OC)c(CCCC#N)c(OC)c1. The van der Waals surface area contributed by atoms with Crippen molar-refractivity contribution in [1.82, 2.24) is 0 Å². The van der Waals surface area contributed by atoms with Gasteiger partial charge in [-0.3, -0.25) is 0 Å². The second-order valence-corrected chi connectivity index (χ2v) is 3.52. The molecule has 0 bridgehead atoms. The van der Waals surface area contributed by atoms with Gasteiger partial charge in [0.05, 0.1) is 27.4 Å². The van der Waals surface area contributed by atoms with Crippen LogP contribution in [0.4, 0.5) is 0 Å². The predicted octanol–water partition coefficient (Wildman–Crippen LogP) is 2.56. The Bertz CT molecular complexity index is 385. The summed E-state index contributed by atoms with van der Waals surface area (Å²) in [6.07, 6.45) is 2.07. The molecule has 0 spiro atoms. The first-order valence-electron chi connectivity index (χ1n) is 5.42. The zero-order valence-electron chi connectivity index (χ0n) is 10.4. The van der Waals surface area contributed by atoms with Gasteiger partial charge in [-0.2, -0.15) is 5.26 Å². The van der Waals surface area contributed by atoms with Crippen molar-refractivity contribution in [2.45, 2.75) is 19.3 Å². The van der Waals surface area contributed by atoms with Gasteiger partial charge in [-0.05, 0) is 12.8 Å². The molecule has 4 heteroatoms. The molecule has 4 nitrogen and oxygen atoms in total. The van der Waals surface area contributed by atoms with Crippen molar-refractivity contribution in [3.05, 3.63) is 17.7 Å². The minimum absolute atomic E-state index is 0.526. The summed E-state index contributed by atoms with van der Waals surface area (Å²) in [5.74, 6) is 2.17. The lowest BCUT2D eigenvalue weighted by molar-refractivity contribution is 0.368. The molecule has 0 aliphatic rings. The van der Waals surface area contributed by atoms with Crippen molar-refractivity contribution in [2.75, 3.05) is 21.3 Å². The van der Waals surface area contributed by atoms with E-state index in [1.54, 1.807) is 21.3 Å². The van der Waals surface area contributed by atoms with Crippen molar-refractivity contribution in [2.24, 2.45) is 0 Å². The maximum absolute atomic E-state index is 8.55. The van der Waals surface area contributed by atoms with Crippen molar-refractivity contribution in [3.8, 4) is 23.3 Å². The number of hydrogen-bond donors (Lipinski definition) is 0. The molecule has 0 atom stereocenters. The van der Waals surface area contributed by atoms with Crippen LogP contribution in [0, 0.1) is 11.3 Å². The highest BCUT2D eigenvalue weighted by atomic mass is 16.5. The first kappa shape index (κ1) is 13.2. The zero-order valence-corrected chi connectivity index (χ0v) is 10.4. The normalized spacial score (nSPS) is 9.53. The van der Waals surface area contributed by atoms with E-state index in [9.17, 15) is 0 Å². The first-order chi connectivity index (χ1) is 8.26. The highest BCUT2D eigenvalue weighted by molar-refractivity contribution is 5.50. The Labute approximate surface area is 102 Å². The van der Waals surface area contributed by atoms with Crippen LogP contribution in [0.3, 0.4) is 0 Å². The van der Waals surface area contributed by atoms with Gasteiger partial charge >= 0.3 is 0 Å². The molecule has 92 valence electrons. The van der Waals surface area contributed by atoms with E-state index in [4.69, 9.17) is 19.5 Å². The smallest absolute Gasteiger partial charge is 0.129 e. The van der Waals surface area contributed by atoms with E-state index >= 15 is 0 Å². The standard InChI is InChI=1S/C13H17NO3/c1-15-10-8-12(16-2)11(6-4-5-7-14)13(9-10)17-3/h8-9H,4-6H2,1-3H3. The number of benzene rings is 1. The molecular weight excluding hydrogens is 218 g/mol. The summed E-state index contributed by atoms with van der Waals surface area (Å²) in [5, 5.41) is 8.55. The zero-order chi connectivity index (χ0) is 12.7. The second-order valence-electron chi connectivity index (χ2n) is 3.52. The van der Waals surface area contributed by atoms with Gasteiger partial charge in [0.1, 0.15) is 17.2 Å². The Morgan fingerprint density at radius 2 is 1.65 bits per heavy atom. The summed E-state index contributed by atoms with van der Waals surface area (Å²) in [7, 11) is 4.83. The molecule has 0 N–H and O–H groups in total. The Morgan fingerprint density at radius 1 is 1.06 bits per heavy atom. The van der Waals surface area contributed by atoms with Crippen molar-refractivity contribution in [1.29, 1.82) is 5.26 Å². The molecule has 0 amide bonds. The van der Waals surface area contributed by atoms with E-state index in [0.29, 0.717) is 12.2 Å². The maximum Gasteiger partial charge on any atom is 0.129 e. The fourth-order valence-corrected chi connectivity index (χ4v) is 1.67. The van der Waals surface area contributed by atoms with E-state index in [1.807, 2.05) is 12.1 Å². The number of unbranched alkanes of at least 4 members (excludes halogenated alkanes) is 1. The summed E-state index contributed by atoms with van der Waals surface area (Å²) in [6.45, 7) is 0. The molecule has 0 unspecified atom stereocenters. The fourth-order valence-electron chi connectivity index (χ4n) is 1.67. The molecular formula is C13H17NO3. The van der Waals surface area contributed by atoms with Gasteiger partial charge in [-0.25, -0.2) is 0 Å². The Hall–Kier alpha value is -1.89. The summed E-state index contributed by atoms with van der Waals surface area (Å²) < 4.78 is 15.8. The molecule has 0 saturated carbocycles. The van der Waals surface area contributed by atoms with Crippen LogP contribution in [-0.2, 0) is 6.42 Å². The Kier molecular flexibility index (Phi) is 5.15. The molecule has 0 saturated heterocycles. The number of nitrogens with zero attached hydrogens (tertiary/aromatic N) is 1. The number of nitriles is 1. The molecule has 1 rings (SSSR count). The molecule has 0 fully saturated rings. The molecule has 17 heavy (non-hydrogen) atoms. The Morgan fingerprint density at radius 3 is 2.06 bits per heavy atom. The number of methoxy groups -OCH3 is 3. The van der Waals surface area contributed by atoms with Crippen LogP contribution in [0.5, 0.6) is 17.2 Å². The summed E-state index contributed by atoms with van der Waals surface area (Å²) in [5.41, 5.74) is 0.978. The molecule has 1 aromatic carbocycles. The third kappa shape index (κ3) is 3.28. The number of ether oxygens (including phenoxy) is 3. The van der Waals surface area contributed by atoms with Crippen molar-refractivity contribution < 1.29 is 14.2 Å². The lowest BCUT2D eigenvalue weighted by Gasteiger charge is -2.14. The largest absolute Gasteiger partial charge is 0.496 e. The van der Waals surface area contributed by atoms with Crippen molar-refractivity contribution in [3.63, 3.8) is 0 Å². The molecule has 0 aliphatic heterocycles. The topological polar surface area (TPSA) is 51.5 Å². The van der Waals surface area contributed by atoms with Crippen LogP contribution < -0.4 is 14.2 Å². The van der Waals surface area contributed by atoms with E-state index in [2.05, 4.69) is 6.07 Å². The quantitative estimate of drug-likeness (QED) is 0.711. The van der Waals surface area contributed by atoms with Gasteiger partial charge < -0.3 is 14.2 Å². The van der Waals surface area contributed by atoms with Gasteiger partial charge in [0.25, 0.3) is 0 Å². The molecule has 0 aliphatic carbocycles. The lowest BCUT2D eigenvalue weighted by Crippen LogP contribution is -1.98. The third-order valence-electron chi connectivity index (χ3n) is 2.53. The Balaban J connectivity index is 3.02. The summed E-state index contributed by atoms with van der Waals surface area (Å²) in [6, 6.07) is 5.78. The monoisotopic (exact) mass is 235 g/mol. The number of hydrogen-bond acceptors (Lipinski definition) is 4. The molecule has 0 aromatic heterocycles. The molecule has 0 radical (unpaired) electrons. The summed E-state index contributed by atoms with van der Waals surface area (Å²) in [4.78, 5) is 0. The fraction of sp³-hybridized carbons (Fsp3) is 0.462. The van der Waals surface area contributed by atoms with Gasteiger partial charge in [-0.1, -0.05) is 0 Å². The number of rotatable bonds is 6. The maximum atomic E-state index is 8.55. The minimum atomic E-state index is 0.526. The van der Waals surface area contributed by atoms with Gasteiger partial charge in [0.15, 0.2) is 0 Å².